The van der Waals surface area contributed by atoms with Crippen LogP contribution in [0.25, 0.3) is 0 Å². The van der Waals surface area contributed by atoms with Crippen molar-refractivity contribution in [3.05, 3.63) is 106 Å². The van der Waals surface area contributed by atoms with Gasteiger partial charge in [0.25, 0.3) is 11.8 Å². The highest BCUT2D eigenvalue weighted by Gasteiger charge is 2.42. The lowest BCUT2D eigenvalue weighted by molar-refractivity contribution is 0.0642. The first kappa shape index (κ1) is 25.8. The minimum Gasteiger partial charge on any atom is -0.327 e. The number of carbonyl (C=O) groups excluding carboxylic acids is 2. The molecule has 8 heteroatoms. The summed E-state index contributed by atoms with van der Waals surface area (Å²) in [5.41, 5.74) is 9.51. The first-order chi connectivity index (χ1) is 18.8. The molecule has 2 saturated heterocycles. The molecule has 4 atom stereocenters. The van der Waals surface area contributed by atoms with E-state index in [1.54, 1.807) is 24.3 Å². The number of nitrogens with zero attached hydrogens (tertiary/aromatic N) is 2. The average Bonchev–Trinajstić information content (AvgIpc) is 3.28. The van der Waals surface area contributed by atoms with Crippen LogP contribution in [0.2, 0.25) is 0 Å². The highest BCUT2D eigenvalue weighted by molar-refractivity contribution is 6.21. The van der Waals surface area contributed by atoms with Crippen molar-refractivity contribution in [2.45, 2.75) is 63.3 Å². The van der Waals surface area contributed by atoms with E-state index in [1.165, 1.54) is 4.90 Å². The average molecular weight is 534 g/mol. The van der Waals surface area contributed by atoms with Gasteiger partial charge in [-0.05, 0) is 72.9 Å². The normalized spacial score (nSPS) is 23.4. The molecule has 3 aromatic rings. The molecule has 3 aliphatic rings. The van der Waals surface area contributed by atoms with Crippen LogP contribution in [0.4, 0.5) is 13.2 Å². The molecule has 2 unspecified atom stereocenters. The van der Waals surface area contributed by atoms with Crippen molar-refractivity contribution >= 4 is 11.8 Å². The number of imide groups is 1. The summed E-state index contributed by atoms with van der Waals surface area (Å²) >= 11 is 0. The van der Waals surface area contributed by atoms with Crippen LogP contribution in [-0.4, -0.2) is 39.7 Å². The lowest BCUT2D eigenvalue weighted by atomic mass is 9.82. The van der Waals surface area contributed by atoms with Crippen LogP contribution in [0.15, 0.2) is 60.7 Å². The number of hydrogen-bond acceptors (Lipinski definition) is 4. The Labute approximate surface area is 225 Å². The molecule has 2 bridgehead atoms. The van der Waals surface area contributed by atoms with Crippen molar-refractivity contribution in [3.8, 4) is 0 Å². The van der Waals surface area contributed by atoms with Gasteiger partial charge in [0.05, 0.1) is 17.7 Å². The molecule has 202 valence electrons. The fourth-order valence-corrected chi connectivity index (χ4v) is 6.67. The highest BCUT2D eigenvalue weighted by Crippen LogP contribution is 2.41. The van der Waals surface area contributed by atoms with Gasteiger partial charge in [-0.15, -0.1) is 0 Å². The van der Waals surface area contributed by atoms with Crippen LogP contribution in [-0.2, 0) is 19.5 Å². The van der Waals surface area contributed by atoms with Crippen molar-refractivity contribution in [3.63, 3.8) is 0 Å². The third kappa shape index (κ3) is 4.87. The van der Waals surface area contributed by atoms with Crippen molar-refractivity contribution in [1.29, 1.82) is 0 Å². The molecule has 0 radical (unpaired) electrons. The number of carbonyl (C=O) groups is 2. The summed E-state index contributed by atoms with van der Waals surface area (Å²) in [6.45, 7) is 0.982. The zero-order valence-corrected chi connectivity index (χ0v) is 21.5. The van der Waals surface area contributed by atoms with Gasteiger partial charge >= 0.3 is 0 Å². The number of rotatable bonds is 7. The Morgan fingerprint density at radius 3 is 2.00 bits per heavy atom. The molecule has 2 N–H and O–H groups in total. The molecule has 0 spiro atoms. The largest absolute Gasteiger partial charge is 0.327 e. The summed E-state index contributed by atoms with van der Waals surface area (Å²) in [5, 5.41) is 0. The minimum atomic E-state index is -1.19. The van der Waals surface area contributed by atoms with E-state index in [0.717, 1.165) is 49.4 Å². The van der Waals surface area contributed by atoms with Gasteiger partial charge in [0.1, 0.15) is 5.82 Å². The zero-order chi connectivity index (χ0) is 27.3. The fourth-order valence-electron chi connectivity index (χ4n) is 6.67. The number of piperidine rings is 1. The molecule has 2 amide bonds. The Morgan fingerprint density at radius 2 is 1.36 bits per heavy atom. The van der Waals surface area contributed by atoms with E-state index >= 15 is 0 Å². The van der Waals surface area contributed by atoms with Gasteiger partial charge in [-0.3, -0.25) is 19.4 Å². The predicted octanol–water partition coefficient (Wildman–Crippen LogP) is 5.21. The van der Waals surface area contributed by atoms with Crippen molar-refractivity contribution in [2.24, 2.45) is 11.7 Å². The summed E-state index contributed by atoms with van der Waals surface area (Å²) in [5.74, 6) is -3.36. The number of halogens is 3. The van der Waals surface area contributed by atoms with E-state index in [4.69, 9.17) is 5.73 Å². The molecule has 2 fully saturated rings. The lowest BCUT2D eigenvalue weighted by Crippen LogP contribution is -2.47. The maximum absolute atomic E-state index is 14.2. The Balaban J connectivity index is 1.10. The Bertz CT molecular complexity index is 1400. The molecule has 3 aromatic carbocycles. The van der Waals surface area contributed by atoms with Gasteiger partial charge in [-0.1, -0.05) is 36.4 Å². The number of amides is 2. The van der Waals surface area contributed by atoms with Gasteiger partial charge in [0.15, 0.2) is 11.6 Å². The topological polar surface area (TPSA) is 66.6 Å². The van der Waals surface area contributed by atoms with Crippen LogP contribution in [0.3, 0.4) is 0 Å². The smallest absolute Gasteiger partial charge is 0.261 e. The van der Waals surface area contributed by atoms with Crippen LogP contribution >= 0.6 is 0 Å². The molecular weight excluding hydrogens is 503 g/mol. The van der Waals surface area contributed by atoms with Crippen molar-refractivity contribution in [1.82, 2.24) is 9.80 Å². The summed E-state index contributed by atoms with van der Waals surface area (Å²) in [6, 6.07) is 16.8. The second kappa shape index (κ2) is 10.2. The van der Waals surface area contributed by atoms with Crippen LogP contribution < -0.4 is 5.73 Å². The fraction of sp³-hybridized carbons (Fsp3) is 0.355. The predicted molar refractivity (Wildman–Crippen MR) is 140 cm³/mol. The lowest BCUT2D eigenvalue weighted by Gasteiger charge is -2.41. The molecule has 5 nitrogen and oxygen atoms in total. The molecular formula is C31H30F3N3O2. The zero-order valence-electron chi connectivity index (χ0n) is 21.5. The van der Waals surface area contributed by atoms with Gasteiger partial charge < -0.3 is 5.73 Å². The van der Waals surface area contributed by atoms with E-state index in [9.17, 15) is 22.8 Å². The van der Waals surface area contributed by atoms with Gasteiger partial charge in [-0.2, -0.15) is 0 Å². The highest BCUT2D eigenvalue weighted by atomic mass is 19.2. The Kier molecular flexibility index (Phi) is 6.77. The maximum atomic E-state index is 14.2. The maximum Gasteiger partial charge on any atom is 0.261 e. The monoisotopic (exact) mass is 533 g/mol. The number of fused-ring (bicyclic) bond motifs is 3. The van der Waals surface area contributed by atoms with Crippen molar-refractivity contribution < 1.29 is 22.8 Å². The third-order valence-corrected chi connectivity index (χ3v) is 8.65. The Hall–Kier alpha value is -3.49. The SMILES string of the molecule is N[C@H](Cc1cc(F)c(F)cc1F)C1CC2CC[C@H](C1)N2Cc1cccc(CN2C(=O)c3ccccc3C2=O)c1. The van der Waals surface area contributed by atoms with Gasteiger partial charge in [0.2, 0.25) is 0 Å². The van der Waals surface area contributed by atoms with E-state index < -0.39 is 17.5 Å². The first-order valence-electron chi connectivity index (χ1n) is 13.5. The van der Waals surface area contributed by atoms with E-state index in [0.29, 0.717) is 29.3 Å². The molecule has 0 aliphatic carbocycles. The van der Waals surface area contributed by atoms with Crippen molar-refractivity contribution in [2.75, 3.05) is 0 Å². The molecule has 39 heavy (non-hydrogen) atoms. The third-order valence-electron chi connectivity index (χ3n) is 8.65. The second-order valence-corrected chi connectivity index (χ2v) is 11.1. The van der Waals surface area contributed by atoms with Crippen LogP contribution in [0.5, 0.6) is 0 Å². The molecule has 3 aliphatic heterocycles. The summed E-state index contributed by atoms with van der Waals surface area (Å²) in [7, 11) is 0. The molecule has 0 saturated carbocycles. The van der Waals surface area contributed by atoms with Gasteiger partial charge in [0, 0.05) is 30.7 Å². The molecule has 6 rings (SSSR count). The van der Waals surface area contributed by atoms with Crippen LogP contribution in [0.1, 0.15) is 63.1 Å². The van der Waals surface area contributed by atoms with E-state index in [-0.39, 0.29) is 42.3 Å². The Morgan fingerprint density at radius 1 is 0.769 bits per heavy atom. The number of nitrogens with two attached hydrogens (primary N) is 1. The molecule has 3 heterocycles. The number of benzene rings is 3. The second-order valence-electron chi connectivity index (χ2n) is 11.1. The quantitative estimate of drug-likeness (QED) is 0.334. The summed E-state index contributed by atoms with van der Waals surface area (Å²) in [4.78, 5) is 29.4. The minimum absolute atomic E-state index is 0.117. The van der Waals surface area contributed by atoms with Crippen LogP contribution in [0, 0.1) is 23.4 Å². The van der Waals surface area contributed by atoms with E-state index in [2.05, 4.69) is 17.0 Å². The number of hydrogen-bond donors (Lipinski definition) is 1. The first-order valence-corrected chi connectivity index (χ1v) is 13.5. The standard InChI is InChI=1S/C31H30F3N3O2/c32-26-15-28(34)27(33)13-20(26)14-29(35)21-11-22-8-9-23(12-21)36(22)16-18-4-3-5-19(10-18)17-37-30(38)24-6-1-2-7-25(24)31(37)39/h1-7,10,13,15,21-23,29H,8-9,11-12,14,16-17,35H2/t21?,22-,23?,29-/m1/s1. The summed E-state index contributed by atoms with van der Waals surface area (Å²) in [6.07, 6.45) is 4.03. The van der Waals surface area contributed by atoms with E-state index in [1.807, 2.05) is 12.1 Å². The summed E-state index contributed by atoms with van der Waals surface area (Å²) < 4.78 is 41.2. The van der Waals surface area contributed by atoms with Gasteiger partial charge in [-0.25, -0.2) is 13.2 Å². The molecule has 0 aromatic heterocycles.